The predicted octanol–water partition coefficient (Wildman–Crippen LogP) is -0.225. The minimum atomic E-state index is -2.79. The first-order valence-electron chi connectivity index (χ1n) is 6.25. The Morgan fingerprint density at radius 1 is 1.12 bits per heavy atom. The first kappa shape index (κ1) is 11.0. The van der Waals surface area contributed by atoms with Gasteiger partial charge in [0.1, 0.15) is 12.6 Å². The Hall–Kier alpha value is -0.130. The molecule has 1 saturated carbocycles. The maximum Gasteiger partial charge on any atom is 0.161 e. The van der Waals surface area contributed by atoms with Crippen molar-refractivity contribution in [1.82, 2.24) is 0 Å². The first-order chi connectivity index (χ1) is 7.51. The normalized spacial score (nSPS) is 41.3. The number of nitrogens with zero attached hydrogens (tertiary/aromatic N) is 1. The lowest BCUT2D eigenvalue weighted by Gasteiger charge is -2.42. The number of aliphatic hydroxyl groups is 1. The Kier molecular flexibility index (Phi) is 2.36. The molecule has 1 aliphatic carbocycles. The number of quaternary nitrogens is 1. The van der Waals surface area contributed by atoms with Crippen molar-refractivity contribution in [2.24, 2.45) is 5.92 Å². The average molecular weight is 246 g/mol. The maximum absolute atomic E-state index is 11.5. The molecule has 3 rings (SSSR count). The van der Waals surface area contributed by atoms with Crippen LogP contribution in [0.5, 0.6) is 0 Å². The van der Waals surface area contributed by atoms with Crippen LogP contribution in [0.1, 0.15) is 19.3 Å². The van der Waals surface area contributed by atoms with E-state index in [4.69, 9.17) is 0 Å². The molecule has 2 aliphatic heterocycles. The van der Waals surface area contributed by atoms with E-state index < -0.39 is 9.84 Å². The summed E-state index contributed by atoms with van der Waals surface area (Å²) in [4.78, 5) is 0. The van der Waals surface area contributed by atoms with Gasteiger partial charge >= 0.3 is 0 Å². The van der Waals surface area contributed by atoms with E-state index >= 15 is 0 Å². The summed E-state index contributed by atoms with van der Waals surface area (Å²) in [5.41, 5.74) is 0. The van der Waals surface area contributed by atoms with Crippen LogP contribution >= 0.6 is 0 Å². The molecule has 0 aromatic rings. The third-order valence-corrected chi connectivity index (χ3v) is 6.26. The highest BCUT2D eigenvalue weighted by Crippen LogP contribution is 2.44. The van der Waals surface area contributed by atoms with E-state index in [1.165, 1.54) is 12.8 Å². The molecule has 2 heterocycles. The van der Waals surface area contributed by atoms with Gasteiger partial charge in [-0.3, -0.25) is 0 Å². The zero-order valence-electron chi connectivity index (χ0n) is 9.51. The molecule has 2 unspecified atom stereocenters. The highest BCUT2D eigenvalue weighted by atomic mass is 32.2. The highest BCUT2D eigenvalue weighted by molar-refractivity contribution is 7.91. The van der Waals surface area contributed by atoms with E-state index in [1.54, 1.807) is 0 Å². The van der Waals surface area contributed by atoms with Crippen molar-refractivity contribution in [3.05, 3.63) is 0 Å². The maximum atomic E-state index is 11.5. The average Bonchev–Trinajstić information content (AvgIpc) is 2.98. The van der Waals surface area contributed by atoms with E-state index in [2.05, 4.69) is 0 Å². The Balaban J connectivity index is 1.81. The van der Waals surface area contributed by atoms with Gasteiger partial charge in [-0.25, -0.2) is 8.42 Å². The van der Waals surface area contributed by atoms with Crippen LogP contribution in [0.25, 0.3) is 0 Å². The van der Waals surface area contributed by atoms with Gasteiger partial charge in [-0.15, -0.1) is 0 Å². The van der Waals surface area contributed by atoms with Gasteiger partial charge in [0.05, 0.1) is 30.6 Å². The second-order valence-corrected chi connectivity index (χ2v) is 8.10. The standard InChI is InChI=1S/C11H20NO3S/c13-10-7-11(9-1-2-9)12(8-10)3-5-16(14,15)6-4-12/h9-11,13H,1-8H2/q+1. The van der Waals surface area contributed by atoms with Gasteiger partial charge < -0.3 is 9.59 Å². The molecule has 5 heteroatoms. The zero-order valence-corrected chi connectivity index (χ0v) is 10.3. The summed E-state index contributed by atoms with van der Waals surface area (Å²) in [7, 11) is -2.79. The fourth-order valence-electron chi connectivity index (χ4n) is 3.62. The fraction of sp³-hybridized carbons (Fsp3) is 1.00. The molecule has 0 radical (unpaired) electrons. The smallest absolute Gasteiger partial charge is 0.161 e. The molecule has 16 heavy (non-hydrogen) atoms. The molecule has 92 valence electrons. The van der Waals surface area contributed by atoms with Crippen LogP contribution in [0.3, 0.4) is 0 Å². The lowest BCUT2D eigenvalue weighted by atomic mass is 10.1. The van der Waals surface area contributed by atoms with Crippen molar-refractivity contribution in [2.45, 2.75) is 31.4 Å². The monoisotopic (exact) mass is 246 g/mol. The third kappa shape index (κ3) is 1.79. The lowest BCUT2D eigenvalue weighted by Crippen LogP contribution is -2.60. The molecule has 3 fully saturated rings. The number of rotatable bonds is 1. The molecule has 3 aliphatic rings. The fourth-order valence-corrected chi connectivity index (χ4v) is 5.11. The van der Waals surface area contributed by atoms with Gasteiger partial charge in [0.25, 0.3) is 0 Å². The van der Waals surface area contributed by atoms with Crippen LogP contribution < -0.4 is 0 Å². The Morgan fingerprint density at radius 2 is 1.75 bits per heavy atom. The van der Waals surface area contributed by atoms with Crippen molar-refractivity contribution in [1.29, 1.82) is 0 Å². The topological polar surface area (TPSA) is 54.4 Å². The predicted molar refractivity (Wildman–Crippen MR) is 60.7 cm³/mol. The van der Waals surface area contributed by atoms with Crippen LogP contribution in [-0.2, 0) is 9.84 Å². The Morgan fingerprint density at radius 3 is 2.31 bits per heavy atom. The van der Waals surface area contributed by atoms with Crippen molar-refractivity contribution >= 4 is 9.84 Å². The summed E-state index contributed by atoms with van der Waals surface area (Å²) in [6.45, 7) is 2.26. The van der Waals surface area contributed by atoms with Gasteiger partial charge in [-0.2, -0.15) is 0 Å². The SMILES string of the molecule is O=S1(=O)CC[N+]2(CC1)CC(O)CC2C1CC1. The minimum absolute atomic E-state index is 0.202. The summed E-state index contributed by atoms with van der Waals surface area (Å²) in [6, 6.07) is 0.547. The Labute approximate surface area is 96.8 Å². The number of aliphatic hydroxyl groups excluding tert-OH is 1. The minimum Gasteiger partial charge on any atom is -0.387 e. The van der Waals surface area contributed by atoms with Crippen molar-refractivity contribution in [3.63, 3.8) is 0 Å². The summed E-state index contributed by atoms with van der Waals surface area (Å²) in [6.07, 6.45) is 3.25. The lowest BCUT2D eigenvalue weighted by molar-refractivity contribution is -0.939. The molecule has 2 saturated heterocycles. The summed E-state index contributed by atoms with van der Waals surface area (Å²) in [5.74, 6) is 1.41. The first-order valence-corrected chi connectivity index (χ1v) is 8.07. The molecule has 1 spiro atoms. The molecule has 2 atom stereocenters. The number of hydrogen-bond donors (Lipinski definition) is 1. The van der Waals surface area contributed by atoms with E-state index in [-0.39, 0.29) is 6.10 Å². The molecule has 0 amide bonds. The summed E-state index contributed by atoms with van der Waals surface area (Å²) in [5, 5.41) is 9.86. The molecule has 0 bridgehead atoms. The molecule has 4 nitrogen and oxygen atoms in total. The van der Waals surface area contributed by atoms with E-state index in [0.717, 1.165) is 36.5 Å². The largest absolute Gasteiger partial charge is 0.387 e. The second kappa shape index (κ2) is 3.43. The van der Waals surface area contributed by atoms with Crippen LogP contribution in [-0.4, -0.2) is 61.3 Å². The quantitative estimate of drug-likeness (QED) is 0.651. The van der Waals surface area contributed by atoms with Crippen molar-refractivity contribution < 1.29 is 18.0 Å². The number of hydrogen-bond acceptors (Lipinski definition) is 3. The van der Waals surface area contributed by atoms with Gasteiger partial charge in [0.15, 0.2) is 9.84 Å². The molecular weight excluding hydrogens is 226 g/mol. The van der Waals surface area contributed by atoms with Gasteiger partial charge in [-0.05, 0) is 12.8 Å². The van der Waals surface area contributed by atoms with Crippen LogP contribution in [0.2, 0.25) is 0 Å². The summed E-state index contributed by atoms with van der Waals surface area (Å²) >= 11 is 0. The third-order valence-electron chi connectivity index (χ3n) is 4.65. The molecule has 0 aromatic heterocycles. The van der Waals surface area contributed by atoms with Gasteiger partial charge in [-0.1, -0.05) is 0 Å². The van der Waals surface area contributed by atoms with Crippen molar-refractivity contribution in [3.8, 4) is 0 Å². The van der Waals surface area contributed by atoms with Crippen molar-refractivity contribution in [2.75, 3.05) is 31.1 Å². The van der Waals surface area contributed by atoms with E-state index in [9.17, 15) is 13.5 Å². The van der Waals surface area contributed by atoms with E-state index in [0.29, 0.717) is 17.5 Å². The van der Waals surface area contributed by atoms with Crippen LogP contribution in [0, 0.1) is 5.92 Å². The highest BCUT2D eigenvalue weighted by Gasteiger charge is 2.54. The van der Waals surface area contributed by atoms with Crippen LogP contribution in [0.4, 0.5) is 0 Å². The summed E-state index contributed by atoms with van der Waals surface area (Å²) < 4.78 is 23.9. The number of sulfone groups is 1. The van der Waals surface area contributed by atoms with Gasteiger partial charge in [0.2, 0.25) is 0 Å². The molecular formula is C11H20NO3S+. The van der Waals surface area contributed by atoms with Crippen LogP contribution in [0.15, 0.2) is 0 Å². The van der Waals surface area contributed by atoms with E-state index in [1.807, 2.05) is 0 Å². The molecule has 1 N–H and O–H groups in total. The second-order valence-electron chi connectivity index (χ2n) is 5.79. The Bertz CT molecular complexity index is 374. The zero-order chi connectivity index (χ0) is 11.4. The molecule has 0 aromatic carbocycles. The van der Waals surface area contributed by atoms with Gasteiger partial charge in [0, 0.05) is 12.3 Å².